The standard InChI is InChI=1S/C11H18ClN3/c1-4-6-7-9-8(3)14-11(13-5-2)15-10(9)12/h4-7H2,1-3H3,(H,13,14,15). The molecule has 0 aliphatic heterocycles. The minimum atomic E-state index is 0.590. The Bertz CT molecular complexity index is 303. The Morgan fingerprint density at radius 2 is 2.00 bits per heavy atom. The Labute approximate surface area is 96.3 Å². The molecule has 1 aromatic heterocycles. The van der Waals surface area contributed by atoms with Gasteiger partial charge in [0.1, 0.15) is 5.15 Å². The Hall–Kier alpha value is -0.830. The lowest BCUT2D eigenvalue weighted by Gasteiger charge is -2.09. The number of halogens is 1. The highest BCUT2D eigenvalue weighted by Gasteiger charge is 2.08. The van der Waals surface area contributed by atoms with E-state index in [1.54, 1.807) is 0 Å². The summed E-state index contributed by atoms with van der Waals surface area (Å²) in [6, 6.07) is 0. The van der Waals surface area contributed by atoms with Gasteiger partial charge in [0.05, 0.1) is 0 Å². The first-order chi connectivity index (χ1) is 7.19. The lowest BCUT2D eigenvalue weighted by molar-refractivity contribution is 0.781. The van der Waals surface area contributed by atoms with Gasteiger partial charge in [0.15, 0.2) is 0 Å². The molecule has 0 unspecified atom stereocenters. The molecule has 0 aliphatic rings. The summed E-state index contributed by atoms with van der Waals surface area (Å²) in [4.78, 5) is 8.59. The number of hydrogen-bond donors (Lipinski definition) is 1. The molecule has 0 amide bonds. The highest BCUT2D eigenvalue weighted by molar-refractivity contribution is 6.30. The largest absolute Gasteiger partial charge is 0.354 e. The quantitative estimate of drug-likeness (QED) is 0.785. The average molecular weight is 228 g/mol. The van der Waals surface area contributed by atoms with Crippen molar-refractivity contribution in [2.24, 2.45) is 0 Å². The van der Waals surface area contributed by atoms with Crippen molar-refractivity contribution >= 4 is 17.5 Å². The third kappa shape index (κ3) is 3.34. The van der Waals surface area contributed by atoms with E-state index in [0.29, 0.717) is 11.1 Å². The van der Waals surface area contributed by atoms with Crippen LogP contribution in [0.3, 0.4) is 0 Å². The fourth-order valence-electron chi connectivity index (χ4n) is 1.44. The van der Waals surface area contributed by atoms with Gasteiger partial charge in [-0.1, -0.05) is 24.9 Å². The average Bonchev–Trinajstić information content (AvgIpc) is 2.17. The Morgan fingerprint density at radius 3 is 2.53 bits per heavy atom. The second-order valence-corrected chi connectivity index (χ2v) is 3.89. The van der Waals surface area contributed by atoms with Crippen molar-refractivity contribution in [3.63, 3.8) is 0 Å². The van der Waals surface area contributed by atoms with Crippen molar-refractivity contribution in [1.29, 1.82) is 0 Å². The number of aryl methyl sites for hydroxylation is 1. The first-order valence-electron chi connectivity index (χ1n) is 5.45. The van der Waals surface area contributed by atoms with Crippen LogP contribution in [-0.4, -0.2) is 16.5 Å². The summed E-state index contributed by atoms with van der Waals surface area (Å²) in [5.41, 5.74) is 2.07. The molecule has 0 fully saturated rings. The molecule has 1 aromatic rings. The number of rotatable bonds is 5. The zero-order valence-electron chi connectivity index (χ0n) is 9.60. The maximum Gasteiger partial charge on any atom is 0.224 e. The number of unbranched alkanes of at least 4 members (excludes halogenated alkanes) is 1. The van der Waals surface area contributed by atoms with Crippen LogP contribution in [0.25, 0.3) is 0 Å². The van der Waals surface area contributed by atoms with E-state index >= 15 is 0 Å². The maximum absolute atomic E-state index is 6.12. The van der Waals surface area contributed by atoms with Crippen LogP contribution >= 0.6 is 11.6 Å². The van der Waals surface area contributed by atoms with E-state index in [4.69, 9.17) is 11.6 Å². The van der Waals surface area contributed by atoms with Crippen LogP contribution in [0.1, 0.15) is 37.9 Å². The van der Waals surface area contributed by atoms with Gasteiger partial charge in [0, 0.05) is 17.8 Å². The van der Waals surface area contributed by atoms with Gasteiger partial charge in [-0.15, -0.1) is 0 Å². The van der Waals surface area contributed by atoms with Crippen LogP contribution in [-0.2, 0) is 6.42 Å². The second kappa shape index (κ2) is 5.91. The molecule has 4 heteroatoms. The summed E-state index contributed by atoms with van der Waals surface area (Å²) in [5.74, 6) is 0.625. The predicted octanol–water partition coefficient (Wildman–Crippen LogP) is 3.21. The molecule has 0 saturated carbocycles. The zero-order valence-corrected chi connectivity index (χ0v) is 10.4. The molecule has 0 atom stereocenters. The summed E-state index contributed by atoms with van der Waals surface area (Å²) in [5, 5.41) is 3.66. The fraction of sp³-hybridized carbons (Fsp3) is 0.636. The third-order valence-electron chi connectivity index (χ3n) is 2.28. The van der Waals surface area contributed by atoms with Crippen molar-refractivity contribution in [2.45, 2.75) is 40.0 Å². The Balaban J connectivity index is 2.88. The fourth-order valence-corrected chi connectivity index (χ4v) is 1.75. The van der Waals surface area contributed by atoms with Crippen LogP contribution in [0.4, 0.5) is 5.95 Å². The van der Waals surface area contributed by atoms with E-state index in [1.807, 2.05) is 13.8 Å². The first-order valence-corrected chi connectivity index (χ1v) is 5.83. The second-order valence-electron chi connectivity index (χ2n) is 3.54. The molecule has 0 spiro atoms. The van der Waals surface area contributed by atoms with E-state index < -0.39 is 0 Å². The van der Waals surface area contributed by atoms with Gasteiger partial charge >= 0.3 is 0 Å². The Morgan fingerprint density at radius 1 is 1.27 bits per heavy atom. The summed E-state index contributed by atoms with van der Waals surface area (Å²) >= 11 is 6.12. The SMILES string of the molecule is CCCCc1c(C)nc(NCC)nc1Cl. The van der Waals surface area contributed by atoms with E-state index in [2.05, 4.69) is 22.2 Å². The number of nitrogens with zero attached hydrogens (tertiary/aromatic N) is 2. The number of anilines is 1. The molecule has 0 radical (unpaired) electrons. The summed E-state index contributed by atoms with van der Waals surface area (Å²) in [7, 11) is 0. The highest BCUT2D eigenvalue weighted by atomic mass is 35.5. The third-order valence-corrected chi connectivity index (χ3v) is 2.59. The van der Waals surface area contributed by atoms with Crippen molar-refractivity contribution in [3.8, 4) is 0 Å². The minimum Gasteiger partial charge on any atom is -0.354 e. The van der Waals surface area contributed by atoms with Crippen molar-refractivity contribution in [1.82, 2.24) is 9.97 Å². The van der Waals surface area contributed by atoms with E-state index in [9.17, 15) is 0 Å². The van der Waals surface area contributed by atoms with Crippen molar-refractivity contribution < 1.29 is 0 Å². The predicted molar refractivity (Wildman–Crippen MR) is 64.6 cm³/mol. The van der Waals surface area contributed by atoms with Crippen molar-refractivity contribution in [2.75, 3.05) is 11.9 Å². The van der Waals surface area contributed by atoms with Crippen LogP contribution < -0.4 is 5.32 Å². The molecule has 0 aromatic carbocycles. The molecule has 3 nitrogen and oxygen atoms in total. The number of hydrogen-bond acceptors (Lipinski definition) is 3. The lowest BCUT2D eigenvalue weighted by atomic mass is 10.1. The molecule has 0 saturated heterocycles. The van der Waals surface area contributed by atoms with Crippen LogP contribution in [0, 0.1) is 6.92 Å². The van der Waals surface area contributed by atoms with Gasteiger partial charge in [-0.05, 0) is 26.7 Å². The van der Waals surface area contributed by atoms with Crippen LogP contribution in [0.15, 0.2) is 0 Å². The molecular weight excluding hydrogens is 210 g/mol. The van der Waals surface area contributed by atoms with Crippen LogP contribution in [0.2, 0.25) is 5.15 Å². The van der Waals surface area contributed by atoms with Gasteiger partial charge in [-0.25, -0.2) is 9.97 Å². The summed E-state index contributed by atoms with van der Waals surface area (Å²) < 4.78 is 0. The van der Waals surface area contributed by atoms with E-state index in [0.717, 1.165) is 37.1 Å². The van der Waals surface area contributed by atoms with Crippen molar-refractivity contribution in [3.05, 3.63) is 16.4 Å². The molecule has 15 heavy (non-hydrogen) atoms. The number of aromatic nitrogens is 2. The molecule has 1 N–H and O–H groups in total. The monoisotopic (exact) mass is 227 g/mol. The molecule has 1 heterocycles. The maximum atomic E-state index is 6.12. The number of nitrogens with one attached hydrogen (secondary N) is 1. The topological polar surface area (TPSA) is 37.8 Å². The Kier molecular flexibility index (Phi) is 4.82. The van der Waals surface area contributed by atoms with Gasteiger partial charge in [-0.2, -0.15) is 0 Å². The minimum absolute atomic E-state index is 0.590. The first kappa shape index (κ1) is 12.2. The molecule has 0 aliphatic carbocycles. The van der Waals surface area contributed by atoms with E-state index in [1.165, 1.54) is 0 Å². The van der Waals surface area contributed by atoms with Gasteiger partial charge in [0.2, 0.25) is 5.95 Å². The van der Waals surface area contributed by atoms with Gasteiger partial charge < -0.3 is 5.32 Å². The van der Waals surface area contributed by atoms with Gasteiger partial charge in [-0.3, -0.25) is 0 Å². The summed E-state index contributed by atoms with van der Waals surface area (Å²) in [6.07, 6.45) is 3.25. The smallest absolute Gasteiger partial charge is 0.224 e. The molecule has 0 bridgehead atoms. The highest BCUT2D eigenvalue weighted by Crippen LogP contribution is 2.20. The molecule has 84 valence electrons. The normalized spacial score (nSPS) is 10.4. The lowest BCUT2D eigenvalue weighted by Crippen LogP contribution is -2.06. The van der Waals surface area contributed by atoms with Crippen LogP contribution in [0.5, 0.6) is 0 Å². The van der Waals surface area contributed by atoms with E-state index in [-0.39, 0.29) is 0 Å². The molecular formula is C11H18ClN3. The zero-order chi connectivity index (χ0) is 11.3. The molecule has 1 rings (SSSR count). The van der Waals surface area contributed by atoms with Gasteiger partial charge in [0.25, 0.3) is 0 Å². The summed E-state index contributed by atoms with van der Waals surface area (Å²) in [6.45, 7) is 6.97.